The number of hydrogen-bond donors (Lipinski definition) is 0. The third-order valence-corrected chi connectivity index (χ3v) is 7.10. The van der Waals surface area contributed by atoms with Gasteiger partial charge in [0.15, 0.2) is 0 Å². The van der Waals surface area contributed by atoms with Crippen LogP contribution in [0.2, 0.25) is 0 Å². The molecule has 22 heavy (non-hydrogen) atoms. The van der Waals surface area contributed by atoms with Crippen molar-refractivity contribution in [2.45, 2.75) is 38.4 Å². The van der Waals surface area contributed by atoms with Gasteiger partial charge in [0.1, 0.15) is 6.61 Å². The first-order chi connectivity index (χ1) is 10.3. The quantitative estimate of drug-likeness (QED) is 0.798. The molecule has 0 radical (unpaired) electrons. The fourth-order valence-corrected chi connectivity index (χ4v) is 3.35. The lowest BCUT2D eigenvalue weighted by Gasteiger charge is -2.29. The minimum atomic E-state index is -0.497. The molecule has 5 heteroatoms. The molecule has 0 spiro atoms. The van der Waals surface area contributed by atoms with Crippen LogP contribution in [-0.2, 0) is 16.0 Å². The second-order valence-corrected chi connectivity index (χ2v) is 9.76. The van der Waals surface area contributed by atoms with Crippen LogP contribution in [0.25, 0.3) is 0 Å². The zero-order valence-corrected chi connectivity index (χ0v) is 14.6. The number of hydrogen-bond acceptors (Lipinski definition) is 3. The first-order valence-corrected chi connectivity index (χ1v) is 9.50. The maximum Gasteiger partial charge on any atom is 0.416 e. The van der Waals surface area contributed by atoms with Crippen LogP contribution in [0.4, 0.5) is 4.79 Å². The molecule has 1 unspecified atom stereocenters. The second-order valence-electron chi connectivity index (χ2n) is 6.71. The molecule has 1 aromatic rings. The smallest absolute Gasteiger partial charge is 0.416 e. The molecule has 0 bridgehead atoms. The molecule has 1 aliphatic heterocycles. The van der Waals surface area contributed by atoms with E-state index >= 15 is 0 Å². The van der Waals surface area contributed by atoms with Crippen LogP contribution in [0.15, 0.2) is 30.3 Å². The van der Waals surface area contributed by atoms with E-state index in [0.717, 1.165) is 5.56 Å². The van der Waals surface area contributed by atoms with Crippen molar-refractivity contribution in [3.63, 3.8) is 0 Å². The highest BCUT2D eigenvalue weighted by molar-refractivity contribution is 7.59. The first-order valence-electron chi connectivity index (χ1n) is 7.53. The number of nitrogens with zero attached hydrogens (tertiary/aromatic N) is 1. The molecule has 2 amide bonds. The summed E-state index contributed by atoms with van der Waals surface area (Å²) in [5.74, 6) is -0.105. The van der Waals surface area contributed by atoms with Crippen molar-refractivity contribution in [2.24, 2.45) is 0 Å². The molecule has 0 aliphatic carbocycles. The minimum absolute atomic E-state index is 0.101. The molecule has 2 atom stereocenters. The van der Waals surface area contributed by atoms with E-state index in [9.17, 15) is 9.59 Å². The lowest BCUT2D eigenvalue weighted by atomic mass is 10.1. The van der Waals surface area contributed by atoms with Crippen molar-refractivity contribution in [1.29, 1.82) is 0 Å². The summed E-state index contributed by atoms with van der Waals surface area (Å²) in [6, 6.07) is 9.70. The van der Waals surface area contributed by atoms with Gasteiger partial charge in [-0.1, -0.05) is 59.0 Å². The highest BCUT2D eigenvalue weighted by Crippen LogP contribution is 2.45. The molecule has 0 saturated carbocycles. The standard InChI is InChI=1S/C17H24NO3P/c1-17(2,3)22(4)12-15(19)18-14(11-21-16(18)20)10-13-8-6-5-7-9-13/h5-9,14H,10-12H2,1-4H3/t14-,22?/m0/s1. The first kappa shape index (κ1) is 17.0. The summed E-state index contributed by atoms with van der Waals surface area (Å²) < 4.78 is 5.11. The van der Waals surface area contributed by atoms with Crippen LogP contribution in [0.1, 0.15) is 26.3 Å². The van der Waals surface area contributed by atoms with Gasteiger partial charge in [0, 0.05) is 6.16 Å². The van der Waals surface area contributed by atoms with E-state index in [4.69, 9.17) is 4.74 Å². The van der Waals surface area contributed by atoms with Crippen molar-refractivity contribution in [3.8, 4) is 0 Å². The molecule has 1 heterocycles. The van der Waals surface area contributed by atoms with Gasteiger partial charge in [-0.25, -0.2) is 9.69 Å². The zero-order valence-electron chi connectivity index (χ0n) is 13.7. The highest BCUT2D eigenvalue weighted by Gasteiger charge is 2.38. The molecule has 1 saturated heterocycles. The van der Waals surface area contributed by atoms with Crippen LogP contribution in [-0.4, -0.2) is 47.5 Å². The highest BCUT2D eigenvalue weighted by atomic mass is 31.1. The number of imide groups is 1. The lowest BCUT2D eigenvalue weighted by Crippen LogP contribution is -2.42. The van der Waals surface area contributed by atoms with Gasteiger partial charge in [0.05, 0.1) is 6.04 Å². The molecule has 1 aromatic carbocycles. The van der Waals surface area contributed by atoms with Crippen molar-refractivity contribution < 1.29 is 14.3 Å². The Bertz CT molecular complexity index is 539. The average molecular weight is 321 g/mol. The van der Waals surface area contributed by atoms with Crippen LogP contribution < -0.4 is 0 Å². The minimum Gasteiger partial charge on any atom is -0.447 e. The molecule has 1 fully saturated rings. The molecule has 2 rings (SSSR count). The zero-order chi connectivity index (χ0) is 16.3. The van der Waals surface area contributed by atoms with Crippen molar-refractivity contribution in [1.82, 2.24) is 4.90 Å². The molecule has 120 valence electrons. The monoisotopic (exact) mass is 321 g/mol. The Morgan fingerprint density at radius 3 is 2.55 bits per heavy atom. The number of amides is 2. The number of rotatable bonds is 4. The Morgan fingerprint density at radius 2 is 1.95 bits per heavy atom. The maximum atomic E-state index is 12.6. The molecular formula is C17H24NO3P. The van der Waals surface area contributed by atoms with Gasteiger partial charge >= 0.3 is 6.09 Å². The Labute approximate surface area is 133 Å². The van der Waals surface area contributed by atoms with Gasteiger partial charge in [-0.3, -0.25) is 4.79 Å². The predicted molar refractivity (Wildman–Crippen MR) is 89.6 cm³/mol. The van der Waals surface area contributed by atoms with Gasteiger partial charge in [-0.2, -0.15) is 0 Å². The van der Waals surface area contributed by atoms with Gasteiger partial charge in [-0.05, 0) is 23.8 Å². The molecule has 0 aromatic heterocycles. The van der Waals surface area contributed by atoms with E-state index in [1.54, 1.807) is 0 Å². The third kappa shape index (κ3) is 4.07. The van der Waals surface area contributed by atoms with Gasteiger partial charge in [0.25, 0.3) is 0 Å². The third-order valence-electron chi connectivity index (χ3n) is 4.06. The summed E-state index contributed by atoms with van der Waals surface area (Å²) >= 11 is 0. The summed E-state index contributed by atoms with van der Waals surface area (Å²) in [5, 5.41) is 0.101. The van der Waals surface area contributed by atoms with Crippen molar-refractivity contribution in [2.75, 3.05) is 19.4 Å². The summed E-state index contributed by atoms with van der Waals surface area (Å²) in [5.41, 5.74) is 1.11. The van der Waals surface area contributed by atoms with E-state index in [1.165, 1.54) is 4.90 Å². The Balaban J connectivity index is 2.06. The summed E-state index contributed by atoms with van der Waals surface area (Å²) in [4.78, 5) is 25.8. The SMILES string of the molecule is CP(CC(=O)N1C(=O)OC[C@@H]1Cc1ccccc1)C(C)(C)C. The molecule has 0 N–H and O–H groups in total. The average Bonchev–Trinajstić information content (AvgIpc) is 2.79. The number of cyclic esters (lactones) is 1. The molecule has 4 nitrogen and oxygen atoms in total. The molecular weight excluding hydrogens is 297 g/mol. The number of ether oxygens (including phenoxy) is 1. The fourth-order valence-electron chi connectivity index (χ4n) is 2.32. The summed E-state index contributed by atoms with van der Waals surface area (Å²) in [7, 11) is -0.473. The van der Waals surface area contributed by atoms with E-state index in [-0.39, 0.29) is 23.7 Å². The van der Waals surface area contributed by atoms with E-state index in [1.807, 2.05) is 30.3 Å². The Kier molecular flexibility index (Phi) is 5.23. The van der Waals surface area contributed by atoms with Crippen LogP contribution in [0.3, 0.4) is 0 Å². The van der Waals surface area contributed by atoms with Crippen LogP contribution >= 0.6 is 7.92 Å². The van der Waals surface area contributed by atoms with E-state index in [0.29, 0.717) is 12.6 Å². The maximum absolute atomic E-state index is 12.6. The van der Waals surface area contributed by atoms with Gasteiger partial charge in [-0.15, -0.1) is 0 Å². The van der Waals surface area contributed by atoms with Crippen LogP contribution in [0.5, 0.6) is 0 Å². The Hall–Kier alpha value is -1.41. The lowest BCUT2D eigenvalue weighted by molar-refractivity contribution is -0.126. The van der Waals surface area contributed by atoms with Crippen LogP contribution in [0, 0.1) is 0 Å². The van der Waals surface area contributed by atoms with E-state index in [2.05, 4.69) is 27.4 Å². The summed E-state index contributed by atoms with van der Waals surface area (Å²) in [6.45, 7) is 8.80. The fraction of sp³-hybridized carbons (Fsp3) is 0.529. The Morgan fingerprint density at radius 1 is 1.32 bits per heavy atom. The topological polar surface area (TPSA) is 46.6 Å². The summed E-state index contributed by atoms with van der Waals surface area (Å²) in [6.07, 6.45) is 0.581. The largest absolute Gasteiger partial charge is 0.447 e. The van der Waals surface area contributed by atoms with E-state index < -0.39 is 14.0 Å². The van der Waals surface area contributed by atoms with Gasteiger partial charge < -0.3 is 4.74 Å². The van der Waals surface area contributed by atoms with Gasteiger partial charge in [0.2, 0.25) is 5.91 Å². The van der Waals surface area contributed by atoms with Crippen molar-refractivity contribution >= 4 is 19.9 Å². The predicted octanol–water partition coefficient (Wildman–Crippen LogP) is 3.49. The van der Waals surface area contributed by atoms with Crippen molar-refractivity contribution in [3.05, 3.63) is 35.9 Å². The number of carbonyl (C=O) groups is 2. The normalized spacial score (nSPS) is 19.9. The number of carbonyl (C=O) groups excluding carboxylic acids is 2. The second kappa shape index (κ2) is 6.78. The molecule has 1 aliphatic rings. The number of benzene rings is 1.